The Hall–Kier alpha value is -1.14. The van der Waals surface area contributed by atoms with Gasteiger partial charge in [-0.3, -0.25) is 0 Å². The van der Waals surface area contributed by atoms with Crippen molar-refractivity contribution in [3.8, 4) is 5.75 Å². The van der Waals surface area contributed by atoms with E-state index >= 15 is 0 Å². The van der Waals surface area contributed by atoms with Gasteiger partial charge in [-0.05, 0) is 31.4 Å². The highest BCUT2D eigenvalue weighted by Crippen LogP contribution is 2.16. The molecule has 5 heteroatoms. The monoisotopic (exact) mass is 270 g/mol. The van der Waals surface area contributed by atoms with Crippen molar-refractivity contribution in [1.82, 2.24) is 0 Å². The molecule has 0 saturated heterocycles. The molecule has 0 radical (unpaired) electrons. The van der Waals surface area contributed by atoms with E-state index in [0.717, 1.165) is 0 Å². The number of unbranched alkanes of at least 4 members (excludes halogenated alkanes) is 1. The Labute approximate surface area is 113 Å². The van der Waals surface area contributed by atoms with Gasteiger partial charge in [0.15, 0.2) is 0 Å². The molecule has 0 spiro atoms. The predicted octanol–water partition coefficient (Wildman–Crippen LogP) is 0.311. The summed E-state index contributed by atoms with van der Waals surface area (Å²) in [5.41, 5.74) is 0. The third kappa shape index (κ3) is 5.57. The molecule has 5 nitrogen and oxygen atoms in total. The molecule has 0 amide bonds. The van der Waals surface area contributed by atoms with Crippen LogP contribution in [0.15, 0.2) is 30.3 Å². The molecule has 0 aliphatic carbocycles. The van der Waals surface area contributed by atoms with Crippen LogP contribution in [-0.4, -0.2) is 52.0 Å². The van der Waals surface area contributed by atoms with Gasteiger partial charge in [-0.1, -0.05) is 18.2 Å². The smallest absolute Gasteiger partial charge is 0.150 e. The Morgan fingerprint density at radius 1 is 1.00 bits per heavy atom. The van der Waals surface area contributed by atoms with Crippen LogP contribution in [0.2, 0.25) is 0 Å². The van der Waals surface area contributed by atoms with Crippen LogP contribution in [0.4, 0.5) is 0 Å². The van der Waals surface area contributed by atoms with E-state index in [2.05, 4.69) is 0 Å². The summed E-state index contributed by atoms with van der Waals surface area (Å²) in [7, 11) is 0. The van der Waals surface area contributed by atoms with E-state index in [4.69, 9.17) is 9.84 Å². The average molecular weight is 270 g/mol. The number of aliphatic hydroxyl groups is 4. The van der Waals surface area contributed by atoms with E-state index in [-0.39, 0.29) is 13.2 Å². The van der Waals surface area contributed by atoms with E-state index in [1.165, 1.54) is 0 Å². The first kappa shape index (κ1) is 15.9. The van der Waals surface area contributed by atoms with Crippen LogP contribution in [0.25, 0.3) is 0 Å². The molecule has 0 saturated carbocycles. The van der Waals surface area contributed by atoms with Crippen LogP contribution in [0.5, 0.6) is 5.75 Å². The molecule has 108 valence electrons. The maximum atomic E-state index is 9.94. The highest BCUT2D eigenvalue weighted by Gasteiger charge is 2.27. The van der Waals surface area contributed by atoms with Crippen molar-refractivity contribution in [1.29, 1.82) is 0 Å². The van der Waals surface area contributed by atoms with Crippen molar-refractivity contribution < 1.29 is 25.2 Å². The molecule has 19 heavy (non-hydrogen) atoms. The van der Waals surface area contributed by atoms with Crippen molar-refractivity contribution in [3.05, 3.63) is 30.3 Å². The van der Waals surface area contributed by atoms with Gasteiger partial charge in [0, 0.05) is 6.61 Å². The third-order valence-corrected chi connectivity index (χ3v) is 2.89. The molecule has 1 aromatic carbocycles. The normalized spacial score (nSPS) is 15.8. The first-order chi connectivity index (χ1) is 9.19. The second-order valence-corrected chi connectivity index (χ2v) is 4.43. The van der Waals surface area contributed by atoms with E-state index < -0.39 is 18.3 Å². The lowest BCUT2D eigenvalue weighted by atomic mass is 10.0. The molecular weight excluding hydrogens is 248 g/mol. The van der Waals surface area contributed by atoms with E-state index in [9.17, 15) is 15.3 Å². The lowest BCUT2D eigenvalue weighted by Gasteiger charge is -2.26. The highest BCUT2D eigenvalue weighted by molar-refractivity contribution is 5.21. The number of hydrogen-bond acceptors (Lipinski definition) is 5. The number of rotatable bonds is 9. The van der Waals surface area contributed by atoms with Gasteiger partial charge < -0.3 is 25.2 Å². The SMILES string of the molecule is OCCCCC(O)C(O)C(CO)Oc1ccccc1. The molecule has 3 unspecified atom stereocenters. The van der Waals surface area contributed by atoms with Crippen molar-refractivity contribution in [3.63, 3.8) is 0 Å². The molecule has 0 bridgehead atoms. The average Bonchev–Trinajstić information content (AvgIpc) is 2.45. The standard InChI is InChI=1S/C14H22O5/c15-9-5-4-8-12(17)14(18)13(10-16)19-11-6-2-1-3-7-11/h1-3,6-7,12-18H,4-5,8-10H2. The minimum Gasteiger partial charge on any atom is -0.485 e. The maximum Gasteiger partial charge on any atom is 0.150 e. The van der Waals surface area contributed by atoms with E-state index in [1.54, 1.807) is 24.3 Å². The zero-order valence-electron chi connectivity index (χ0n) is 10.9. The summed E-state index contributed by atoms with van der Waals surface area (Å²) in [6.45, 7) is -0.320. The van der Waals surface area contributed by atoms with Gasteiger partial charge in [-0.25, -0.2) is 0 Å². The number of para-hydroxylation sites is 1. The lowest BCUT2D eigenvalue weighted by molar-refractivity contribution is -0.0685. The lowest BCUT2D eigenvalue weighted by Crippen LogP contribution is -2.43. The Balaban J connectivity index is 2.48. The topological polar surface area (TPSA) is 90.2 Å². The summed E-state index contributed by atoms with van der Waals surface area (Å²) in [6, 6.07) is 8.84. The summed E-state index contributed by atoms with van der Waals surface area (Å²) < 4.78 is 5.44. The molecule has 0 aliphatic heterocycles. The van der Waals surface area contributed by atoms with E-state index in [1.807, 2.05) is 6.07 Å². The minimum atomic E-state index is -1.16. The molecule has 1 aromatic rings. The van der Waals surface area contributed by atoms with Gasteiger partial charge in [0.1, 0.15) is 18.0 Å². The Morgan fingerprint density at radius 3 is 2.26 bits per heavy atom. The molecule has 4 N–H and O–H groups in total. The minimum absolute atomic E-state index is 0.0623. The van der Waals surface area contributed by atoms with Gasteiger partial charge in [-0.15, -0.1) is 0 Å². The van der Waals surface area contributed by atoms with Crippen molar-refractivity contribution in [2.75, 3.05) is 13.2 Å². The summed E-state index contributed by atoms with van der Waals surface area (Å²) in [5, 5.41) is 37.6. The van der Waals surface area contributed by atoms with Crippen molar-refractivity contribution >= 4 is 0 Å². The van der Waals surface area contributed by atoms with E-state index in [0.29, 0.717) is 25.0 Å². The molecule has 3 atom stereocenters. The molecule has 0 heterocycles. The summed E-state index contributed by atoms with van der Waals surface area (Å²) >= 11 is 0. The fourth-order valence-corrected chi connectivity index (χ4v) is 1.77. The molecule has 0 fully saturated rings. The summed E-state index contributed by atoms with van der Waals surface area (Å²) in [6.07, 6.45) is -1.47. The number of aliphatic hydroxyl groups excluding tert-OH is 4. The highest BCUT2D eigenvalue weighted by atomic mass is 16.5. The second kappa shape index (κ2) is 8.87. The molecule has 1 rings (SSSR count). The van der Waals surface area contributed by atoms with Crippen LogP contribution < -0.4 is 4.74 Å². The van der Waals surface area contributed by atoms with Crippen LogP contribution in [0.1, 0.15) is 19.3 Å². The Kier molecular flexibility index (Phi) is 7.43. The van der Waals surface area contributed by atoms with Crippen LogP contribution in [-0.2, 0) is 0 Å². The van der Waals surface area contributed by atoms with Crippen LogP contribution in [0, 0.1) is 0 Å². The first-order valence-electron chi connectivity index (χ1n) is 6.48. The van der Waals surface area contributed by atoms with Gasteiger partial charge in [0.2, 0.25) is 0 Å². The van der Waals surface area contributed by atoms with Crippen molar-refractivity contribution in [2.45, 2.75) is 37.6 Å². The predicted molar refractivity (Wildman–Crippen MR) is 70.9 cm³/mol. The quantitative estimate of drug-likeness (QED) is 0.485. The largest absolute Gasteiger partial charge is 0.485 e. The molecular formula is C14H22O5. The Morgan fingerprint density at radius 2 is 1.68 bits per heavy atom. The zero-order valence-corrected chi connectivity index (χ0v) is 10.9. The molecule has 0 aromatic heterocycles. The van der Waals surface area contributed by atoms with Gasteiger partial charge in [0.05, 0.1) is 12.7 Å². The number of hydrogen-bond donors (Lipinski definition) is 4. The maximum absolute atomic E-state index is 9.94. The van der Waals surface area contributed by atoms with Crippen molar-refractivity contribution in [2.24, 2.45) is 0 Å². The molecule has 0 aliphatic rings. The summed E-state index contributed by atoms with van der Waals surface area (Å²) in [5.74, 6) is 0.531. The third-order valence-electron chi connectivity index (χ3n) is 2.89. The first-order valence-corrected chi connectivity index (χ1v) is 6.48. The fourth-order valence-electron chi connectivity index (χ4n) is 1.77. The summed E-state index contributed by atoms with van der Waals surface area (Å²) in [4.78, 5) is 0. The second-order valence-electron chi connectivity index (χ2n) is 4.43. The van der Waals surface area contributed by atoms with Gasteiger partial charge >= 0.3 is 0 Å². The van der Waals surface area contributed by atoms with Gasteiger partial charge in [-0.2, -0.15) is 0 Å². The number of ether oxygens (including phenoxy) is 1. The number of benzene rings is 1. The van der Waals surface area contributed by atoms with Crippen LogP contribution >= 0.6 is 0 Å². The van der Waals surface area contributed by atoms with Gasteiger partial charge in [0.25, 0.3) is 0 Å². The van der Waals surface area contributed by atoms with Crippen LogP contribution in [0.3, 0.4) is 0 Å². The fraction of sp³-hybridized carbons (Fsp3) is 0.571. The zero-order chi connectivity index (χ0) is 14.1. The Bertz CT molecular complexity index is 330.